The molecule has 5 heteroatoms. The molecule has 1 aromatic carbocycles. The van der Waals surface area contributed by atoms with Gasteiger partial charge in [-0.3, -0.25) is 4.79 Å². The predicted molar refractivity (Wildman–Crippen MR) is 84.6 cm³/mol. The fraction of sp³-hybridized carbons (Fsp3) is 0.533. The largest absolute Gasteiger partial charge is 0.497 e. The second kappa shape index (κ2) is 6.81. The second-order valence-corrected chi connectivity index (χ2v) is 6.70. The number of carbonyl (C=O) groups is 1. The number of piperidine rings is 1. The molecule has 0 N–H and O–H groups in total. The molecule has 1 fully saturated rings. The van der Waals surface area contributed by atoms with Crippen LogP contribution in [0, 0.1) is 5.92 Å². The molecule has 1 heterocycles. The Hall–Kier alpha value is -0.740. The Morgan fingerprint density at radius 3 is 2.65 bits per heavy atom. The molecule has 1 saturated heterocycles. The summed E-state index contributed by atoms with van der Waals surface area (Å²) in [6, 6.07) is 5.46. The second-order valence-electron chi connectivity index (χ2n) is 5.15. The van der Waals surface area contributed by atoms with E-state index in [1.54, 1.807) is 13.2 Å². The van der Waals surface area contributed by atoms with Crippen molar-refractivity contribution in [1.29, 1.82) is 0 Å². The highest BCUT2D eigenvalue weighted by molar-refractivity contribution is 9.10. The van der Waals surface area contributed by atoms with E-state index in [1.807, 2.05) is 24.0 Å². The minimum atomic E-state index is 0.0523. The van der Waals surface area contributed by atoms with Crippen molar-refractivity contribution in [3.63, 3.8) is 0 Å². The topological polar surface area (TPSA) is 29.5 Å². The lowest BCUT2D eigenvalue weighted by Gasteiger charge is -2.33. The summed E-state index contributed by atoms with van der Waals surface area (Å²) in [4.78, 5) is 14.5. The maximum absolute atomic E-state index is 12.6. The average Bonchev–Trinajstić information content (AvgIpc) is 2.47. The smallest absolute Gasteiger partial charge is 0.255 e. The number of alkyl halides is 1. The first-order chi connectivity index (χ1) is 9.52. The number of methoxy groups -OCH3 is 1. The van der Waals surface area contributed by atoms with E-state index in [1.165, 1.54) is 0 Å². The normalized spacial score (nSPS) is 17.9. The Balaban J connectivity index is 2.09. The summed E-state index contributed by atoms with van der Waals surface area (Å²) < 4.78 is 5.99. The Morgan fingerprint density at radius 2 is 2.10 bits per heavy atom. The van der Waals surface area contributed by atoms with Crippen molar-refractivity contribution < 1.29 is 9.53 Å². The third kappa shape index (κ3) is 3.47. The van der Waals surface area contributed by atoms with Crippen LogP contribution in [0.2, 0.25) is 0 Å². The molecule has 1 aliphatic heterocycles. The van der Waals surface area contributed by atoms with Gasteiger partial charge in [-0.05, 0) is 59.8 Å². The van der Waals surface area contributed by atoms with Gasteiger partial charge in [0.25, 0.3) is 5.91 Å². The molecule has 0 saturated carbocycles. The number of ether oxygens (including phenoxy) is 1. The Bertz CT molecular complexity index is 485. The van der Waals surface area contributed by atoms with Crippen LogP contribution in [0.5, 0.6) is 5.75 Å². The Labute approximate surface area is 133 Å². The summed E-state index contributed by atoms with van der Waals surface area (Å²) in [7, 11) is 1.60. The monoisotopic (exact) mass is 359 g/mol. The Kier molecular flexibility index (Phi) is 5.33. The summed E-state index contributed by atoms with van der Waals surface area (Å²) in [6.45, 7) is 3.57. The maximum atomic E-state index is 12.6. The lowest BCUT2D eigenvalue weighted by molar-refractivity contribution is 0.0689. The van der Waals surface area contributed by atoms with Gasteiger partial charge < -0.3 is 9.64 Å². The molecule has 1 aliphatic rings. The number of likely N-dealkylation sites (tertiary alicyclic amines) is 1. The Morgan fingerprint density at radius 1 is 1.45 bits per heavy atom. The highest BCUT2D eigenvalue weighted by atomic mass is 79.9. The molecular formula is C15H19BrClNO2. The van der Waals surface area contributed by atoms with Gasteiger partial charge in [-0.2, -0.15) is 0 Å². The van der Waals surface area contributed by atoms with Gasteiger partial charge in [0.15, 0.2) is 0 Å². The molecule has 20 heavy (non-hydrogen) atoms. The van der Waals surface area contributed by atoms with Crippen molar-refractivity contribution in [2.75, 3.05) is 20.2 Å². The van der Waals surface area contributed by atoms with E-state index >= 15 is 0 Å². The molecule has 3 nitrogen and oxygen atoms in total. The van der Waals surface area contributed by atoms with Crippen LogP contribution in [-0.2, 0) is 0 Å². The molecule has 0 bridgehead atoms. The lowest BCUT2D eigenvalue weighted by atomic mass is 9.93. The number of hydrogen-bond donors (Lipinski definition) is 0. The zero-order chi connectivity index (χ0) is 14.7. The molecule has 0 aliphatic carbocycles. The number of benzene rings is 1. The van der Waals surface area contributed by atoms with Crippen molar-refractivity contribution in [3.8, 4) is 5.75 Å². The molecule has 1 amide bonds. The van der Waals surface area contributed by atoms with Crippen LogP contribution in [0.4, 0.5) is 0 Å². The van der Waals surface area contributed by atoms with Gasteiger partial charge in [0.2, 0.25) is 0 Å². The number of hydrogen-bond acceptors (Lipinski definition) is 2. The van der Waals surface area contributed by atoms with Gasteiger partial charge in [0.1, 0.15) is 5.75 Å². The van der Waals surface area contributed by atoms with Gasteiger partial charge in [0.05, 0.1) is 12.7 Å². The average molecular weight is 361 g/mol. The third-order valence-corrected chi connectivity index (χ3v) is 4.93. The first kappa shape index (κ1) is 15.6. The summed E-state index contributed by atoms with van der Waals surface area (Å²) in [5.74, 6) is 1.26. The quantitative estimate of drug-likeness (QED) is 0.764. The van der Waals surface area contributed by atoms with Gasteiger partial charge in [-0.15, -0.1) is 11.6 Å². The van der Waals surface area contributed by atoms with Crippen molar-refractivity contribution in [2.24, 2.45) is 5.92 Å². The predicted octanol–water partition coefficient (Wildman–Crippen LogP) is 3.94. The summed E-state index contributed by atoms with van der Waals surface area (Å²) in [6.07, 6.45) is 1.94. The van der Waals surface area contributed by atoms with E-state index in [-0.39, 0.29) is 11.3 Å². The maximum Gasteiger partial charge on any atom is 0.255 e. The van der Waals surface area contributed by atoms with Crippen LogP contribution in [0.1, 0.15) is 30.1 Å². The van der Waals surface area contributed by atoms with Crippen LogP contribution < -0.4 is 4.74 Å². The fourth-order valence-corrected chi connectivity index (χ4v) is 3.20. The van der Waals surface area contributed by atoms with E-state index in [0.29, 0.717) is 17.2 Å². The minimum absolute atomic E-state index is 0.0523. The van der Waals surface area contributed by atoms with Crippen LogP contribution in [0.25, 0.3) is 0 Å². The third-order valence-electron chi connectivity index (χ3n) is 3.88. The summed E-state index contributed by atoms with van der Waals surface area (Å²) in [5.41, 5.74) is 0.654. The van der Waals surface area contributed by atoms with E-state index in [0.717, 1.165) is 30.4 Å². The van der Waals surface area contributed by atoms with Gasteiger partial charge in [-0.1, -0.05) is 0 Å². The van der Waals surface area contributed by atoms with E-state index in [4.69, 9.17) is 16.3 Å². The van der Waals surface area contributed by atoms with Crippen molar-refractivity contribution >= 4 is 33.4 Å². The minimum Gasteiger partial charge on any atom is -0.497 e. The van der Waals surface area contributed by atoms with Crippen LogP contribution in [0.15, 0.2) is 22.7 Å². The molecule has 1 atom stereocenters. The van der Waals surface area contributed by atoms with E-state index in [2.05, 4.69) is 15.9 Å². The van der Waals surface area contributed by atoms with Crippen LogP contribution >= 0.6 is 27.5 Å². The fourth-order valence-electron chi connectivity index (χ4n) is 2.53. The first-order valence-electron chi connectivity index (χ1n) is 6.79. The number of carbonyl (C=O) groups excluding carboxylic acids is 1. The zero-order valence-corrected chi connectivity index (χ0v) is 14.1. The zero-order valence-electron chi connectivity index (χ0n) is 11.7. The van der Waals surface area contributed by atoms with Crippen molar-refractivity contribution in [3.05, 3.63) is 28.2 Å². The molecular weight excluding hydrogens is 342 g/mol. The standard InChI is InChI=1S/C15H19BrClNO2/c1-10(17)11-5-7-18(8-6-11)15(19)13-9-12(20-2)3-4-14(13)16/h3-4,9-11H,5-8H2,1-2H3. The molecule has 1 unspecified atom stereocenters. The van der Waals surface area contributed by atoms with Gasteiger partial charge >= 0.3 is 0 Å². The summed E-state index contributed by atoms with van der Waals surface area (Å²) >= 11 is 9.58. The number of amides is 1. The van der Waals surface area contributed by atoms with Crippen LogP contribution in [-0.4, -0.2) is 36.4 Å². The van der Waals surface area contributed by atoms with Gasteiger partial charge in [0, 0.05) is 22.9 Å². The van der Waals surface area contributed by atoms with Crippen LogP contribution in [0.3, 0.4) is 0 Å². The number of nitrogens with zero attached hydrogens (tertiary/aromatic N) is 1. The van der Waals surface area contributed by atoms with E-state index in [9.17, 15) is 4.79 Å². The SMILES string of the molecule is COc1ccc(Br)c(C(=O)N2CCC(C(C)Cl)CC2)c1. The molecule has 110 valence electrons. The molecule has 0 spiro atoms. The molecule has 1 aromatic rings. The number of halogens is 2. The van der Waals surface area contributed by atoms with Gasteiger partial charge in [-0.25, -0.2) is 0 Å². The highest BCUT2D eigenvalue weighted by Crippen LogP contribution is 2.28. The molecule has 2 rings (SSSR count). The highest BCUT2D eigenvalue weighted by Gasteiger charge is 2.27. The molecule has 0 aromatic heterocycles. The lowest BCUT2D eigenvalue weighted by Crippen LogP contribution is -2.40. The van der Waals surface area contributed by atoms with Crippen molar-refractivity contribution in [1.82, 2.24) is 4.90 Å². The van der Waals surface area contributed by atoms with E-state index < -0.39 is 0 Å². The molecule has 0 radical (unpaired) electrons. The first-order valence-corrected chi connectivity index (χ1v) is 8.02. The summed E-state index contributed by atoms with van der Waals surface area (Å²) in [5, 5.41) is 0.177. The van der Waals surface area contributed by atoms with Crippen molar-refractivity contribution in [2.45, 2.75) is 25.1 Å². The number of rotatable bonds is 3.